The van der Waals surface area contributed by atoms with Gasteiger partial charge in [0.05, 0.1) is 0 Å². The summed E-state index contributed by atoms with van der Waals surface area (Å²) in [5.74, 6) is 0. The minimum Gasteiger partial charge on any atom is -0.328 e. The van der Waals surface area contributed by atoms with Crippen molar-refractivity contribution in [2.24, 2.45) is 11.1 Å². The minimum atomic E-state index is 0.390. The summed E-state index contributed by atoms with van der Waals surface area (Å²) >= 11 is 0. The molecule has 1 aliphatic rings. The van der Waals surface area contributed by atoms with Gasteiger partial charge in [-0.2, -0.15) is 0 Å². The number of rotatable bonds is 6. The number of hydrogen-bond acceptors (Lipinski definition) is 2. The molecule has 0 bridgehead atoms. The maximum atomic E-state index is 5.83. The van der Waals surface area contributed by atoms with Crippen LogP contribution in [0.1, 0.15) is 46.0 Å². The summed E-state index contributed by atoms with van der Waals surface area (Å²) in [5, 5.41) is 3.51. The Hall–Kier alpha value is -0.0800. The van der Waals surface area contributed by atoms with Crippen LogP contribution < -0.4 is 11.1 Å². The van der Waals surface area contributed by atoms with E-state index in [1.807, 2.05) is 0 Å². The molecule has 1 saturated carbocycles. The third-order valence-electron chi connectivity index (χ3n) is 3.33. The minimum absolute atomic E-state index is 0.390. The third-order valence-corrected chi connectivity index (χ3v) is 3.33. The van der Waals surface area contributed by atoms with E-state index >= 15 is 0 Å². The normalized spacial score (nSPS) is 22.4. The van der Waals surface area contributed by atoms with Crippen LogP contribution in [-0.2, 0) is 0 Å². The number of nitrogens with one attached hydrogen (secondary N) is 1. The molecule has 3 N–H and O–H groups in total. The molecular weight excluding hydrogens is 160 g/mol. The molecule has 2 nitrogen and oxygen atoms in total. The first kappa shape index (κ1) is 11.0. The van der Waals surface area contributed by atoms with E-state index in [9.17, 15) is 0 Å². The van der Waals surface area contributed by atoms with Crippen LogP contribution in [0.15, 0.2) is 0 Å². The largest absolute Gasteiger partial charge is 0.328 e. The molecule has 1 unspecified atom stereocenters. The highest BCUT2D eigenvalue weighted by molar-refractivity contribution is 4.85. The zero-order chi connectivity index (χ0) is 9.73. The van der Waals surface area contributed by atoms with Gasteiger partial charge < -0.3 is 11.1 Å². The van der Waals surface area contributed by atoms with Gasteiger partial charge in [0.1, 0.15) is 0 Å². The Balaban J connectivity index is 1.94. The van der Waals surface area contributed by atoms with E-state index in [1.165, 1.54) is 25.8 Å². The Morgan fingerprint density at radius 3 is 2.62 bits per heavy atom. The molecule has 78 valence electrons. The summed E-state index contributed by atoms with van der Waals surface area (Å²) in [6, 6.07) is 0.390. The van der Waals surface area contributed by atoms with Gasteiger partial charge in [0.15, 0.2) is 0 Å². The average Bonchev–Trinajstić information content (AvgIpc) is 2.09. The van der Waals surface area contributed by atoms with Gasteiger partial charge in [0, 0.05) is 12.6 Å². The monoisotopic (exact) mass is 184 g/mol. The van der Waals surface area contributed by atoms with Crippen molar-refractivity contribution < 1.29 is 0 Å². The molecule has 0 heterocycles. The van der Waals surface area contributed by atoms with E-state index in [0.717, 1.165) is 19.4 Å². The van der Waals surface area contributed by atoms with Crippen molar-refractivity contribution >= 4 is 0 Å². The van der Waals surface area contributed by atoms with Crippen LogP contribution in [-0.4, -0.2) is 19.1 Å². The standard InChI is InChI=1S/C11H24N2/c1-3-10(12)5-8-13-9-11(2)6-4-7-11/h10,13H,3-9,12H2,1-2H3. The molecule has 13 heavy (non-hydrogen) atoms. The predicted octanol–water partition coefficient (Wildman–Crippen LogP) is 1.89. The molecular formula is C11H24N2. The molecule has 1 aliphatic carbocycles. The Kier molecular flexibility index (Phi) is 4.20. The van der Waals surface area contributed by atoms with Crippen molar-refractivity contribution in [2.45, 2.75) is 52.0 Å². The molecule has 0 aliphatic heterocycles. The van der Waals surface area contributed by atoms with E-state index in [0.29, 0.717) is 11.5 Å². The number of hydrogen-bond donors (Lipinski definition) is 2. The van der Waals surface area contributed by atoms with Crippen molar-refractivity contribution in [1.29, 1.82) is 0 Å². The highest BCUT2D eigenvalue weighted by Crippen LogP contribution is 2.39. The van der Waals surface area contributed by atoms with Gasteiger partial charge in [-0.25, -0.2) is 0 Å². The van der Waals surface area contributed by atoms with Gasteiger partial charge >= 0.3 is 0 Å². The lowest BCUT2D eigenvalue weighted by atomic mass is 9.70. The Morgan fingerprint density at radius 2 is 2.15 bits per heavy atom. The molecule has 0 amide bonds. The summed E-state index contributed by atoms with van der Waals surface area (Å²) < 4.78 is 0. The lowest BCUT2D eigenvalue weighted by molar-refractivity contribution is 0.156. The van der Waals surface area contributed by atoms with Crippen LogP contribution >= 0.6 is 0 Å². The van der Waals surface area contributed by atoms with Crippen LogP contribution in [0.5, 0.6) is 0 Å². The zero-order valence-corrected chi connectivity index (χ0v) is 9.10. The summed E-state index contributed by atoms with van der Waals surface area (Å²) in [7, 11) is 0. The van der Waals surface area contributed by atoms with Crippen LogP contribution in [0.25, 0.3) is 0 Å². The molecule has 0 aromatic rings. The highest BCUT2D eigenvalue weighted by atomic mass is 14.9. The lowest BCUT2D eigenvalue weighted by Crippen LogP contribution is -2.38. The number of nitrogens with two attached hydrogens (primary N) is 1. The van der Waals surface area contributed by atoms with Crippen molar-refractivity contribution in [3.05, 3.63) is 0 Å². The summed E-state index contributed by atoms with van der Waals surface area (Å²) in [4.78, 5) is 0. The van der Waals surface area contributed by atoms with Crippen LogP contribution in [0.4, 0.5) is 0 Å². The van der Waals surface area contributed by atoms with E-state index in [2.05, 4.69) is 19.2 Å². The van der Waals surface area contributed by atoms with Crippen molar-refractivity contribution in [1.82, 2.24) is 5.32 Å². The molecule has 0 saturated heterocycles. The fourth-order valence-electron chi connectivity index (χ4n) is 1.84. The fraction of sp³-hybridized carbons (Fsp3) is 1.00. The van der Waals surface area contributed by atoms with Gasteiger partial charge in [-0.05, 0) is 37.6 Å². The maximum absolute atomic E-state index is 5.83. The van der Waals surface area contributed by atoms with Crippen molar-refractivity contribution in [3.8, 4) is 0 Å². The Labute approximate surface area is 82.3 Å². The molecule has 1 rings (SSSR count). The summed E-state index contributed by atoms with van der Waals surface area (Å²) in [5.41, 5.74) is 6.44. The SMILES string of the molecule is CCC(N)CCNCC1(C)CCC1. The van der Waals surface area contributed by atoms with Crippen LogP contribution in [0, 0.1) is 5.41 Å². The highest BCUT2D eigenvalue weighted by Gasteiger charge is 2.30. The molecule has 2 heteroatoms. The molecule has 0 aromatic carbocycles. The van der Waals surface area contributed by atoms with Crippen LogP contribution in [0.2, 0.25) is 0 Å². The first-order chi connectivity index (χ1) is 6.16. The van der Waals surface area contributed by atoms with E-state index < -0.39 is 0 Å². The topological polar surface area (TPSA) is 38.0 Å². The molecule has 1 fully saturated rings. The second-order valence-electron chi connectivity index (χ2n) is 4.80. The average molecular weight is 184 g/mol. The van der Waals surface area contributed by atoms with Gasteiger partial charge in [-0.1, -0.05) is 20.3 Å². The Bertz CT molecular complexity index is 141. The van der Waals surface area contributed by atoms with E-state index in [-0.39, 0.29) is 0 Å². The molecule has 0 radical (unpaired) electrons. The smallest absolute Gasteiger partial charge is 0.00482 e. The van der Waals surface area contributed by atoms with Crippen molar-refractivity contribution in [2.75, 3.05) is 13.1 Å². The second-order valence-corrected chi connectivity index (χ2v) is 4.80. The first-order valence-corrected chi connectivity index (χ1v) is 5.62. The first-order valence-electron chi connectivity index (χ1n) is 5.62. The Morgan fingerprint density at radius 1 is 1.46 bits per heavy atom. The second kappa shape index (κ2) is 4.97. The third kappa shape index (κ3) is 3.65. The summed E-state index contributed by atoms with van der Waals surface area (Å²) in [6.45, 7) is 6.80. The van der Waals surface area contributed by atoms with Gasteiger partial charge in [0.25, 0.3) is 0 Å². The van der Waals surface area contributed by atoms with E-state index in [1.54, 1.807) is 0 Å². The molecule has 0 spiro atoms. The fourth-order valence-corrected chi connectivity index (χ4v) is 1.84. The van der Waals surface area contributed by atoms with Crippen molar-refractivity contribution in [3.63, 3.8) is 0 Å². The van der Waals surface area contributed by atoms with Crippen LogP contribution in [0.3, 0.4) is 0 Å². The molecule has 0 aromatic heterocycles. The maximum Gasteiger partial charge on any atom is 0.00482 e. The molecule has 1 atom stereocenters. The summed E-state index contributed by atoms with van der Waals surface area (Å²) in [6.07, 6.45) is 6.44. The zero-order valence-electron chi connectivity index (χ0n) is 9.10. The van der Waals surface area contributed by atoms with Gasteiger partial charge in [0.2, 0.25) is 0 Å². The lowest BCUT2D eigenvalue weighted by Gasteiger charge is -2.38. The van der Waals surface area contributed by atoms with Gasteiger partial charge in [-0.3, -0.25) is 0 Å². The van der Waals surface area contributed by atoms with Gasteiger partial charge in [-0.15, -0.1) is 0 Å². The predicted molar refractivity (Wildman–Crippen MR) is 57.7 cm³/mol. The van der Waals surface area contributed by atoms with E-state index in [4.69, 9.17) is 5.73 Å². The quantitative estimate of drug-likeness (QED) is 0.619.